The molecule has 0 bridgehead atoms. The van der Waals surface area contributed by atoms with Gasteiger partial charge in [0.05, 0.1) is 30.8 Å². The number of ether oxygens (including phenoxy) is 1. The number of anilines is 2. The first-order valence-electron chi connectivity index (χ1n) is 9.64. The van der Waals surface area contributed by atoms with Crippen LogP contribution in [0.15, 0.2) is 65.4 Å². The largest absolute Gasteiger partial charge is 0.494 e. The number of hydrogen-bond donors (Lipinski definition) is 2. The van der Waals surface area contributed by atoms with Gasteiger partial charge in [-0.05, 0) is 48.6 Å². The zero-order chi connectivity index (χ0) is 21.1. The average molecular weight is 423 g/mol. The maximum absolute atomic E-state index is 11.8. The van der Waals surface area contributed by atoms with E-state index in [-0.39, 0.29) is 18.0 Å². The molecule has 1 saturated heterocycles. The van der Waals surface area contributed by atoms with Gasteiger partial charge in [0.25, 0.3) is 0 Å². The standard InChI is InChI=1S/C22H22N4O3S/c1-3-19(27)24-15-10-9-14(13-18(15)28-2)26-21(17-8-6-12-29-17)20(25-22(26)30)16-7-4-5-11-23-16/h4-13,20-21H,3H2,1-2H3,(H,24,27)(H,25,30)/t20-,21+/m1/s1. The minimum Gasteiger partial charge on any atom is -0.494 e. The van der Waals surface area contributed by atoms with Crippen LogP contribution in [0.5, 0.6) is 5.75 Å². The van der Waals surface area contributed by atoms with Gasteiger partial charge in [-0.1, -0.05) is 13.0 Å². The van der Waals surface area contributed by atoms with Gasteiger partial charge in [-0.2, -0.15) is 0 Å². The van der Waals surface area contributed by atoms with Crippen molar-refractivity contribution in [2.45, 2.75) is 25.4 Å². The molecule has 2 atom stereocenters. The predicted octanol–water partition coefficient (Wildman–Crippen LogP) is 4.21. The van der Waals surface area contributed by atoms with Gasteiger partial charge in [0.2, 0.25) is 5.91 Å². The van der Waals surface area contributed by atoms with Crippen molar-refractivity contribution in [3.05, 3.63) is 72.4 Å². The Bertz CT molecular complexity index is 1040. The first kappa shape index (κ1) is 19.9. The summed E-state index contributed by atoms with van der Waals surface area (Å²) >= 11 is 5.69. The second kappa shape index (κ2) is 8.54. The summed E-state index contributed by atoms with van der Waals surface area (Å²) < 4.78 is 11.3. The molecule has 0 saturated carbocycles. The number of hydrogen-bond acceptors (Lipinski definition) is 5. The van der Waals surface area contributed by atoms with Crippen LogP contribution in [-0.4, -0.2) is 23.1 Å². The van der Waals surface area contributed by atoms with Gasteiger partial charge in [-0.15, -0.1) is 0 Å². The minimum absolute atomic E-state index is 0.0805. The highest BCUT2D eigenvalue weighted by Gasteiger charge is 2.42. The van der Waals surface area contributed by atoms with E-state index in [4.69, 9.17) is 21.4 Å². The van der Waals surface area contributed by atoms with E-state index in [1.54, 1.807) is 26.5 Å². The van der Waals surface area contributed by atoms with E-state index < -0.39 is 0 Å². The number of carbonyl (C=O) groups is 1. The first-order valence-corrected chi connectivity index (χ1v) is 10.0. The molecule has 1 amide bonds. The Kier molecular flexibility index (Phi) is 5.67. The van der Waals surface area contributed by atoms with Gasteiger partial charge < -0.3 is 24.7 Å². The van der Waals surface area contributed by atoms with Crippen LogP contribution in [0.25, 0.3) is 0 Å². The van der Waals surface area contributed by atoms with Gasteiger partial charge >= 0.3 is 0 Å². The molecule has 7 nitrogen and oxygen atoms in total. The number of amides is 1. The normalized spacial score (nSPS) is 18.2. The number of nitrogens with one attached hydrogen (secondary N) is 2. The number of benzene rings is 1. The Morgan fingerprint density at radius 2 is 2.17 bits per heavy atom. The third-order valence-corrected chi connectivity index (χ3v) is 5.31. The van der Waals surface area contributed by atoms with E-state index >= 15 is 0 Å². The number of thiocarbonyl (C=S) groups is 1. The third-order valence-electron chi connectivity index (χ3n) is 4.99. The summed E-state index contributed by atoms with van der Waals surface area (Å²) in [5.74, 6) is 1.24. The van der Waals surface area contributed by atoms with Crippen LogP contribution in [0.4, 0.5) is 11.4 Å². The molecule has 154 valence electrons. The molecule has 0 radical (unpaired) electrons. The molecule has 3 heterocycles. The Labute approximate surface area is 180 Å². The minimum atomic E-state index is -0.233. The molecule has 1 aliphatic heterocycles. The van der Waals surface area contributed by atoms with Crippen LogP contribution in [0.1, 0.15) is 36.9 Å². The average Bonchev–Trinajstić information content (AvgIpc) is 3.42. The van der Waals surface area contributed by atoms with Gasteiger partial charge in [0.1, 0.15) is 17.6 Å². The maximum Gasteiger partial charge on any atom is 0.224 e. The lowest BCUT2D eigenvalue weighted by atomic mass is 10.0. The lowest BCUT2D eigenvalue weighted by Crippen LogP contribution is -2.29. The van der Waals surface area contributed by atoms with Gasteiger partial charge in [-0.3, -0.25) is 9.78 Å². The molecule has 4 rings (SSSR count). The van der Waals surface area contributed by atoms with Crippen LogP contribution < -0.4 is 20.3 Å². The fraction of sp³-hybridized carbons (Fsp3) is 0.227. The van der Waals surface area contributed by atoms with Crippen molar-refractivity contribution < 1.29 is 13.9 Å². The Hall–Kier alpha value is -3.39. The van der Waals surface area contributed by atoms with Gasteiger partial charge in [0, 0.05) is 24.4 Å². The number of carbonyl (C=O) groups excluding carboxylic acids is 1. The number of pyridine rings is 1. The molecule has 30 heavy (non-hydrogen) atoms. The van der Waals surface area contributed by atoms with Crippen LogP contribution in [-0.2, 0) is 4.79 Å². The van der Waals surface area contributed by atoms with Crippen LogP contribution >= 0.6 is 12.2 Å². The van der Waals surface area contributed by atoms with Crippen LogP contribution in [0.3, 0.4) is 0 Å². The summed E-state index contributed by atoms with van der Waals surface area (Å²) in [6.07, 6.45) is 3.79. The lowest BCUT2D eigenvalue weighted by Gasteiger charge is -2.26. The summed E-state index contributed by atoms with van der Waals surface area (Å²) in [6.45, 7) is 1.80. The molecule has 1 aliphatic rings. The molecule has 3 aromatic rings. The van der Waals surface area contributed by atoms with E-state index in [0.717, 1.165) is 17.1 Å². The van der Waals surface area contributed by atoms with Crippen molar-refractivity contribution in [2.75, 3.05) is 17.3 Å². The molecule has 0 spiro atoms. The monoisotopic (exact) mass is 422 g/mol. The van der Waals surface area contributed by atoms with Crippen molar-refractivity contribution in [3.63, 3.8) is 0 Å². The predicted molar refractivity (Wildman–Crippen MR) is 119 cm³/mol. The third kappa shape index (κ3) is 3.73. The first-order chi connectivity index (χ1) is 14.6. The van der Waals surface area contributed by atoms with Crippen molar-refractivity contribution in [2.24, 2.45) is 0 Å². The number of methoxy groups -OCH3 is 1. The summed E-state index contributed by atoms with van der Waals surface area (Å²) in [5.41, 5.74) is 2.29. The Morgan fingerprint density at radius 1 is 1.30 bits per heavy atom. The fourth-order valence-electron chi connectivity index (χ4n) is 3.55. The molecule has 0 aliphatic carbocycles. The number of aromatic nitrogens is 1. The molecule has 8 heteroatoms. The highest BCUT2D eigenvalue weighted by molar-refractivity contribution is 7.80. The van der Waals surface area contributed by atoms with Gasteiger partial charge in [0.15, 0.2) is 5.11 Å². The van der Waals surface area contributed by atoms with E-state index in [9.17, 15) is 4.79 Å². The summed E-state index contributed by atoms with van der Waals surface area (Å²) in [4.78, 5) is 18.3. The zero-order valence-electron chi connectivity index (χ0n) is 16.7. The second-order valence-electron chi connectivity index (χ2n) is 6.80. The highest BCUT2D eigenvalue weighted by Crippen LogP contribution is 2.43. The van der Waals surface area contributed by atoms with E-state index in [1.807, 2.05) is 53.4 Å². The lowest BCUT2D eigenvalue weighted by molar-refractivity contribution is -0.115. The highest BCUT2D eigenvalue weighted by atomic mass is 32.1. The quantitative estimate of drug-likeness (QED) is 0.576. The molecule has 2 N–H and O–H groups in total. The molecule has 0 unspecified atom stereocenters. The zero-order valence-corrected chi connectivity index (χ0v) is 17.5. The number of furan rings is 1. The van der Waals surface area contributed by atoms with E-state index in [0.29, 0.717) is 23.0 Å². The SMILES string of the molecule is CCC(=O)Nc1ccc(N2C(=S)N[C@H](c3ccccn3)[C@@H]2c2ccco2)cc1OC. The summed E-state index contributed by atoms with van der Waals surface area (Å²) in [6, 6.07) is 14.7. The van der Waals surface area contributed by atoms with Crippen molar-refractivity contribution in [1.29, 1.82) is 0 Å². The topological polar surface area (TPSA) is 79.6 Å². The second-order valence-corrected chi connectivity index (χ2v) is 7.19. The van der Waals surface area contributed by atoms with Crippen LogP contribution in [0.2, 0.25) is 0 Å². The Balaban J connectivity index is 1.75. The molecular weight excluding hydrogens is 400 g/mol. The van der Waals surface area contributed by atoms with Gasteiger partial charge in [-0.25, -0.2) is 0 Å². The maximum atomic E-state index is 11.8. The number of rotatable bonds is 6. The number of nitrogens with zero attached hydrogens (tertiary/aromatic N) is 2. The smallest absolute Gasteiger partial charge is 0.224 e. The summed E-state index contributed by atoms with van der Waals surface area (Å²) in [5, 5.41) is 6.78. The molecule has 1 fully saturated rings. The summed E-state index contributed by atoms with van der Waals surface area (Å²) in [7, 11) is 1.57. The van der Waals surface area contributed by atoms with Crippen LogP contribution in [0, 0.1) is 0 Å². The van der Waals surface area contributed by atoms with Crippen molar-refractivity contribution >= 4 is 34.6 Å². The molecule has 2 aromatic heterocycles. The van der Waals surface area contributed by atoms with Crippen molar-refractivity contribution in [1.82, 2.24) is 10.3 Å². The Morgan fingerprint density at radius 3 is 2.83 bits per heavy atom. The van der Waals surface area contributed by atoms with E-state index in [2.05, 4.69) is 15.6 Å². The fourth-order valence-corrected chi connectivity index (χ4v) is 3.90. The van der Waals surface area contributed by atoms with Crippen molar-refractivity contribution in [3.8, 4) is 5.75 Å². The molecule has 1 aromatic carbocycles. The molecular formula is C22H22N4O3S. The van der Waals surface area contributed by atoms with E-state index in [1.165, 1.54) is 0 Å².